The average Bonchev–Trinajstić information content (AvgIpc) is 3.22. The van der Waals surface area contributed by atoms with Gasteiger partial charge in [-0.3, -0.25) is 4.79 Å². The predicted octanol–water partition coefficient (Wildman–Crippen LogP) is 6.53. The highest BCUT2D eigenvalue weighted by atomic mass is 35.5. The van der Waals surface area contributed by atoms with Crippen LogP contribution in [0, 0.1) is 0 Å². The Morgan fingerprint density at radius 3 is 2.37 bits per heavy atom. The first-order valence-corrected chi connectivity index (χ1v) is 10.7. The number of carbonyl (C=O) groups excluding carboxylic acids is 1. The summed E-state index contributed by atoms with van der Waals surface area (Å²) in [6.45, 7) is 2.87. The highest BCUT2D eigenvalue weighted by Crippen LogP contribution is 2.27. The van der Waals surface area contributed by atoms with Crippen LogP contribution in [0.25, 0.3) is 10.9 Å². The minimum absolute atomic E-state index is 0.0737. The first kappa shape index (κ1) is 20.4. The normalized spacial score (nSPS) is 13.3. The van der Waals surface area contributed by atoms with Gasteiger partial charge >= 0.3 is 0 Å². The molecule has 0 radical (unpaired) electrons. The number of ketones is 1. The number of Topliss-reactive ketones (excluding diaryl/α,β-unsaturated/α-hetero) is 1. The zero-order chi connectivity index (χ0) is 20.9. The largest absolute Gasteiger partial charge is 0.360 e. The molecule has 1 heterocycles. The summed E-state index contributed by atoms with van der Waals surface area (Å²) in [6, 6.07) is 25.4. The molecule has 152 valence electrons. The molecule has 0 unspecified atom stereocenters. The van der Waals surface area contributed by atoms with Gasteiger partial charge < -0.3 is 10.3 Å². The van der Waals surface area contributed by atoms with Crippen LogP contribution in [-0.2, 0) is 0 Å². The molecule has 4 aromatic rings. The van der Waals surface area contributed by atoms with Gasteiger partial charge in [0.05, 0.1) is 6.04 Å². The Kier molecular flexibility index (Phi) is 6.32. The van der Waals surface area contributed by atoms with E-state index in [-0.39, 0.29) is 5.78 Å². The van der Waals surface area contributed by atoms with Crippen molar-refractivity contribution >= 4 is 28.3 Å². The molecular formula is C26H25ClN2O. The van der Waals surface area contributed by atoms with Gasteiger partial charge in [-0.05, 0) is 41.7 Å². The molecule has 3 aromatic carbocycles. The SMILES string of the molecule is CC[C@@H](CN[C@@H](C(=O)c1c[nH]c2ccccc12)c1ccccc1)c1ccc(Cl)cc1. The lowest BCUT2D eigenvalue weighted by Crippen LogP contribution is -2.32. The Morgan fingerprint density at radius 1 is 0.933 bits per heavy atom. The molecule has 0 fully saturated rings. The van der Waals surface area contributed by atoms with Crippen LogP contribution in [0.1, 0.15) is 46.8 Å². The van der Waals surface area contributed by atoms with Crippen molar-refractivity contribution < 1.29 is 4.79 Å². The third-order valence-corrected chi connectivity index (χ3v) is 5.90. The molecule has 0 saturated carbocycles. The van der Waals surface area contributed by atoms with Crippen molar-refractivity contribution in [3.05, 3.63) is 107 Å². The fourth-order valence-electron chi connectivity index (χ4n) is 3.93. The number of halogens is 1. The van der Waals surface area contributed by atoms with Gasteiger partial charge in [0.1, 0.15) is 0 Å². The number of aromatic amines is 1. The van der Waals surface area contributed by atoms with Crippen molar-refractivity contribution in [1.29, 1.82) is 0 Å². The van der Waals surface area contributed by atoms with Crippen LogP contribution < -0.4 is 5.32 Å². The van der Waals surface area contributed by atoms with Gasteiger partial charge in [0, 0.05) is 34.2 Å². The third kappa shape index (κ3) is 4.33. The van der Waals surface area contributed by atoms with Crippen molar-refractivity contribution in [3.8, 4) is 0 Å². The van der Waals surface area contributed by atoms with Gasteiger partial charge in [0.2, 0.25) is 0 Å². The number of benzene rings is 3. The van der Waals surface area contributed by atoms with E-state index in [2.05, 4.69) is 29.4 Å². The highest BCUT2D eigenvalue weighted by Gasteiger charge is 2.25. The van der Waals surface area contributed by atoms with Crippen LogP contribution in [0.3, 0.4) is 0 Å². The summed E-state index contributed by atoms with van der Waals surface area (Å²) in [7, 11) is 0. The molecule has 4 rings (SSSR count). The van der Waals surface area contributed by atoms with Gasteiger partial charge in [-0.25, -0.2) is 0 Å². The van der Waals surface area contributed by atoms with Crippen LogP contribution in [0.15, 0.2) is 85.1 Å². The number of aromatic nitrogens is 1. The van der Waals surface area contributed by atoms with Crippen LogP contribution in [0.2, 0.25) is 5.02 Å². The second-order valence-electron chi connectivity index (χ2n) is 7.52. The van der Waals surface area contributed by atoms with Crippen LogP contribution >= 0.6 is 11.6 Å². The standard InChI is InChI=1S/C26H25ClN2O/c1-2-18(19-12-14-21(27)15-13-19)16-29-25(20-8-4-3-5-9-20)26(30)23-17-28-24-11-7-6-10-22(23)24/h3-15,17-18,25,28-29H,2,16H2,1H3/t18-,25+/m0/s1. The Labute approximate surface area is 182 Å². The summed E-state index contributed by atoms with van der Waals surface area (Å²) >= 11 is 6.05. The van der Waals surface area contributed by atoms with E-state index < -0.39 is 6.04 Å². The molecule has 30 heavy (non-hydrogen) atoms. The summed E-state index contributed by atoms with van der Waals surface area (Å²) in [5.41, 5.74) is 3.88. The molecule has 4 heteroatoms. The van der Waals surface area contributed by atoms with Gasteiger partial charge in [-0.1, -0.05) is 79.2 Å². The van der Waals surface area contributed by atoms with Crippen LogP contribution in [-0.4, -0.2) is 17.3 Å². The number of rotatable bonds is 8. The zero-order valence-electron chi connectivity index (χ0n) is 16.9. The molecule has 0 saturated heterocycles. The molecule has 0 spiro atoms. The van der Waals surface area contributed by atoms with Crippen molar-refractivity contribution in [3.63, 3.8) is 0 Å². The fourth-order valence-corrected chi connectivity index (χ4v) is 4.06. The second kappa shape index (κ2) is 9.29. The Balaban J connectivity index is 1.62. The van der Waals surface area contributed by atoms with Crippen molar-refractivity contribution in [2.45, 2.75) is 25.3 Å². The minimum atomic E-state index is -0.410. The Bertz CT molecular complexity index is 1120. The average molecular weight is 417 g/mol. The molecular weight excluding hydrogens is 392 g/mol. The summed E-state index contributed by atoms with van der Waals surface area (Å²) in [4.78, 5) is 16.8. The van der Waals surface area contributed by atoms with E-state index >= 15 is 0 Å². The topological polar surface area (TPSA) is 44.9 Å². The number of para-hydroxylation sites is 1. The Morgan fingerprint density at radius 2 is 1.63 bits per heavy atom. The first-order chi connectivity index (χ1) is 14.7. The van der Waals surface area contributed by atoms with E-state index in [0.29, 0.717) is 18.0 Å². The fraction of sp³-hybridized carbons (Fsp3) is 0.192. The van der Waals surface area contributed by atoms with E-state index in [0.717, 1.165) is 27.9 Å². The summed E-state index contributed by atoms with van der Waals surface area (Å²) in [5, 5.41) is 5.24. The maximum Gasteiger partial charge on any atom is 0.186 e. The number of H-pyrrole nitrogens is 1. The van der Waals surface area contributed by atoms with E-state index in [1.54, 1.807) is 0 Å². The molecule has 2 N–H and O–H groups in total. The van der Waals surface area contributed by atoms with E-state index in [4.69, 9.17) is 11.6 Å². The van der Waals surface area contributed by atoms with E-state index in [1.807, 2.05) is 72.9 Å². The minimum Gasteiger partial charge on any atom is -0.360 e. The summed E-state index contributed by atoms with van der Waals surface area (Å²) in [6.07, 6.45) is 2.79. The maximum atomic E-state index is 13.6. The van der Waals surface area contributed by atoms with Gasteiger partial charge in [0.25, 0.3) is 0 Å². The lowest BCUT2D eigenvalue weighted by atomic mass is 9.93. The van der Waals surface area contributed by atoms with Crippen molar-refractivity contribution in [2.24, 2.45) is 0 Å². The molecule has 0 bridgehead atoms. The van der Waals surface area contributed by atoms with Crippen molar-refractivity contribution in [1.82, 2.24) is 10.3 Å². The Hall–Kier alpha value is -2.88. The zero-order valence-corrected chi connectivity index (χ0v) is 17.7. The number of hydrogen-bond donors (Lipinski definition) is 2. The predicted molar refractivity (Wildman–Crippen MR) is 124 cm³/mol. The smallest absolute Gasteiger partial charge is 0.186 e. The van der Waals surface area contributed by atoms with Gasteiger partial charge in [0.15, 0.2) is 5.78 Å². The molecule has 1 aromatic heterocycles. The molecule has 0 aliphatic heterocycles. The summed E-state index contributed by atoms with van der Waals surface area (Å²) < 4.78 is 0. The number of nitrogens with one attached hydrogen (secondary N) is 2. The maximum absolute atomic E-state index is 13.6. The highest BCUT2D eigenvalue weighted by molar-refractivity contribution is 6.30. The van der Waals surface area contributed by atoms with E-state index in [1.165, 1.54) is 5.56 Å². The van der Waals surface area contributed by atoms with E-state index in [9.17, 15) is 4.79 Å². The molecule has 2 atom stereocenters. The monoisotopic (exact) mass is 416 g/mol. The second-order valence-corrected chi connectivity index (χ2v) is 7.96. The van der Waals surface area contributed by atoms with Crippen LogP contribution in [0.5, 0.6) is 0 Å². The third-order valence-electron chi connectivity index (χ3n) is 5.65. The van der Waals surface area contributed by atoms with Crippen LogP contribution in [0.4, 0.5) is 0 Å². The lowest BCUT2D eigenvalue weighted by Gasteiger charge is -2.22. The lowest BCUT2D eigenvalue weighted by molar-refractivity contribution is 0.0943. The number of hydrogen-bond acceptors (Lipinski definition) is 2. The first-order valence-electron chi connectivity index (χ1n) is 10.3. The van der Waals surface area contributed by atoms with Gasteiger partial charge in [-0.15, -0.1) is 0 Å². The number of carbonyl (C=O) groups is 1. The van der Waals surface area contributed by atoms with Gasteiger partial charge in [-0.2, -0.15) is 0 Å². The molecule has 0 amide bonds. The van der Waals surface area contributed by atoms with Crippen molar-refractivity contribution in [2.75, 3.05) is 6.54 Å². The summed E-state index contributed by atoms with van der Waals surface area (Å²) in [5.74, 6) is 0.369. The molecule has 3 nitrogen and oxygen atoms in total. The molecule has 0 aliphatic carbocycles. The number of fused-ring (bicyclic) bond motifs is 1. The molecule has 0 aliphatic rings. The quantitative estimate of drug-likeness (QED) is 0.321.